The van der Waals surface area contributed by atoms with Crippen molar-refractivity contribution in [3.05, 3.63) is 46.1 Å². The van der Waals surface area contributed by atoms with Gasteiger partial charge in [-0.05, 0) is 49.6 Å². The smallest absolute Gasteiger partial charge is 0.287 e. The van der Waals surface area contributed by atoms with Crippen LogP contribution in [0.15, 0.2) is 34.7 Å². The Balaban J connectivity index is 1.50. The van der Waals surface area contributed by atoms with E-state index in [1.807, 2.05) is 0 Å². The van der Waals surface area contributed by atoms with E-state index in [-0.39, 0.29) is 11.9 Å². The number of hydrogen-bond donors (Lipinski definition) is 2. The highest BCUT2D eigenvalue weighted by Gasteiger charge is 2.39. The molecular formula is C17H16Cl2N2O2. The van der Waals surface area contributed by atoms with Gasteiger partial charge in [-0.15, -0.1) is 0 Å². The zero-order chi connectivity index (χ0) is 16.0. The lowest BCUT2D eigenvalue weighted by Crippen LogP contribution is -2.42. The van der Waals surface area contributed by atoms with Gasteiger partial charge in [0, 0.05) is 28.7 Å². The summed E-state index contributed by atoms with van der Waals surface area (Å²) in [6.45, 7) is 0. The molecule has 3 heterocycles. The summed E-state index contributed by atoms with van der Waals surface area (Å²) in [5.41, 5.74) is 0.719. The van der Waals surface area contributed by atoms with E-state index in [9.17, 15) is 4.79 Å². The van der Waals surface area contributed by atoms with Crippen LogP contribution < -0.4 is 10.6 Å². The third kappa shape index (κ3) is 2.87. The van der Waals surface area contributed by atoms with Gasteiger partial charge in [-0.2, -0.15) is 0 Å². The SMILES string of the molecule is O=C(N[C@@H]1C[C@H]2CC[C@@H]1N2)c1ccc(-c2ccc(Cl)cc2Cl)o1. The maximum atomic E-state index is 12.4. The van der Waals surface area contributed by atoms with Crippen molar-refractivity contribution in [2.24, 2.45) is 0 Å². The number of carbonyl (C=O) groups is 1. The molecule has 0 radical (unpaired) electrons. The second kappa shape index (κ2) is 5.86. The first-order valence-corrected chi connectivity index (χ1v) is 8.48. The van der Waals surface area contributed by atoms with E-state index in [0.29, 0.717) is 33.6 Å². The van der Waals surface area contributed by atoms with Crippen LogP contribution in [0, 0.1) is 0 Å². The summed E-state index contributed by atoms with van der Waals surface area (Å²) in [5.74, 6) is 0.678. The van der Waals surface area contributed by atoms with Crippen LogP contribution in [0.2, 0.25) is 10.0 Å². The molecule has 4 rings (SSSR count). The quantitative estimate of drug-likeness (QED) is 0.883. The molecule has 2 aromatic rings. The normalized spacial score (nSPS) is 25.7. The first-order valence-electron chi connectivity index (χ1n) is 7.72. The summed E-state index contributed by atoms with van der Waals surface area (Å²) in [4.78, 5) is 12.4. The summed E-state index contributed by atoms with van der Waals surface area (Å²) in [6, 6.07) is 9.74. The summed E-state index contributed by atoms with van der Waals surface area (Å²) in [5, 5.41) is 7.63. The number of benzene rings is 1. The molecule has 120 valence electrons. The lowest BCUT2D eigenvalue weighted by molar-refractivity contribution is 0.0903. The van der Waals surface area contributed by atoms with E-state index in [1.54, 1.807) is 30.3 Å². The van der Waals surface area contributed by atoms with Gasteiger partial charge in [0.1, 0.15) is 5.76 Å². The van der Waals surface area contributed by atoms with Gasteiger partial charge in [-0.1, -0.05) is 23.2 Å². The Hall–Kier alpha value is -1.49. The highest BCUT2D eigenvalue weighted by Crippen LogP contribution is 2.32. The third-order valence-electron chi connectivity index (χ3n) is 4.64. The van der Waals surface area contributed by atoms with Crippen molar-refractivity contribution in [1.82, 2.24) is 10.6 Å². The third-order valence-corrected chi connectivity index (χ3v) is 5.19. The Labute approximate surface area is 144 Å². The fourth-order valence-electron chi connectivity index (χ4n) is 3.52. The van der Waals surface area contributed by atoms with Crippen LogP contribution in [-0.2, 0) is 0 Å². The molecule has 6 heteroatoms. The number of nitrogens with one attached hydrogen (secondary N) is 2. The average molecular weight is 351 g/mol. The number of halogens is 2. The molecule has 0 unspecified atom stereocenters. The molecule has 2 bridgehead atoms. The highest BCUT2D eigenvalue weighted by atomic mass is 35.5. The number of carbonyl (C=O) groups excluding carboxylic acids is 1. The van der Waals surface area contributed by atoms with Crippen LogP contribution in [0.1, 0.15) is 29.8 Å². The minimum absolute atomic E-state index is 0.180. The molecule has 2 aliphatic rings. The van der Waals surface area contributed by atoms with Gasteiger partial charge in [0.15, 0.2) is 5.76 Å². The molecule has 1 aromatic carbocycles. The summed E-state index contributed by atoms with van der Waals surface area (Å²) >= 11 is 12.1. The fourth-order valence-corrected chi connectivity index (χ4v) is 4.02. The Morgan fingerprint density at radius 2 is 2.09 bits per heavy atom. The van der Waals surface area contributed by atoms with E-state index >= 15 is 0 Å². The molecule has 2 saturated heterocycles. The lowest BCUT2D eigenvalue weighted by atomic mass is 9.95. The first-order chi connectivity index (χ1) is 11.1. The van der Waals surface area contributed by atoms with E-state index in [0.717, 1.165) is 18.4 Å². The molecule has 1 amide bonds. The zero-order valence-corrected chi connectivity index (χ0v) is 13.8. The predicted molar refractivity (Wildman–Crippen MR) is 90.0 cm³/mol. The largest absolute Gasteiger partial charge is 0.451 e. The van der Waals surface area contributed by atoms with Crippen LogP contribution in [0.4, 0.5) is 0 Å². The molecule has 23 heavy (non-hydrogen) atoms. The van der Waals surface area contributed by atoms with Gasteiger partial charge in [0.25, 0.3) is 5.91 Å². The minimum Gasteiger partial charge on any atom is -0.451 e. The summed E-state index contributed by atoms with van der Waals surface area (Å²) in [7, 11) is 0. The zero-order valence-electron chi connectivity index (χ0n) is 12.3. The van der Waals surface area contributed by atoms with Gasteiger partial charge < -0.3 is 15.1 Å². The number of furan rings is 1. The number of fused-ring (bicyclic) bond motifs is 2. The molecular weight excluding hydrogens is 335 g/mol. The molecule has 4 nitrogen and oxygen atoms in total. The Kier molecular flexibility index (Phi) is 3.84. The van der Waals surface area contributed by atoms with Crippen molar-refractivity contribution < 1.29 is 9.21 Å². The van der Waals surface area contributed by atoms with Crippen molar-refractivity contribution >= 4 is 29.1 Å². The van der Waals surface area contributed by atoms with Crippen molar-refractivity contribution in [2.75, 3.05) is 0 Å². The van der Waals surface area contributed by atoms with Crippen molar-refractivity contribution in [2.45, 2.75) is 37.4 Å². The van der Waals surface area contributed by atoms with Crippen molar-refractivity contribution in [3.63, 3.8) is 0 Å². The minimum atomic E-state index is -0.180. The molecule has 2 aliphatic heterocycles. The van der Waals surface area contributed by atoms with Gasteiger partial charge in [0.2, 0.25) is 0 Å². The number of hydrogen-bond acceptors (Lipinski definition) is 3. The monoisotopic (exact) mass is 350 g/mol. The highest BCUT2D eigenvalue weighted by molar-refractivity contribution is 6.36. The predicted octanol–water partition coefficient (Wildman–Crippen LogP) is 3.88. The fraction of sp³-hybridized carbons (Fsp3) is 0.353. The molecule has 1 aromatic heterocycles. The summed E-state index contributed by atoms with van der Waals surface area (Å²) in [6.07, 6.45) is 3.32. The van der Waals surface area contributed by atoms with Crippen molar-refractivity contribution in [3.8, 4) is 11.3 Å². The molecule has 3 atom stereocenters. The van der Waals surface area contributed by atoms with Gasteiger partial charge in [0.05, 0.1) is 5.02 Å². The van der Waals surface area contributed by atoms with Gasteiger partial charge in [-0.3, -0.25) is 4.79 Å². The number of rotatable bonds is 3. The van der Waals surface area contributed by atoms with Gasteiger partial charge >= 0.3 is 0 Å². The van der Waals surface area contributed by atoms with Crippen LogP contribution in [-0.4, -0.2) is 24.0 Å². The van der Waals surface area contributed by atoms with Crippen LogP contribution in [0.3, 0.4) is 0 Å². The Morgan fingerprint density at radius 3 is 2.78 bits per heavy atom. The van der Waals surface area contributed by atoms with E-state index in [4.69, 9.17) is 27.6 Å². The second-order valence-electron chi connectivity index (χ2n) is 6.15. The van der Waals surface area contributed by atoms with Crippen LogP contribution >= 0.6 is 23.2 Å². The maximum Gasteiger partial charge on any atom is 0.287 e. The van der Waals surface area contributed by atoms with Crippen molar-refractivity contribution in [1.29, 1.82) is 0 Å². The molecule has 2 N–H and O–H groups in total. The first kappa shape index (κ1) is 15.1. The maximum absolute atomic E-state index is 12.4. The number of amides is 1. The van der Waals surface area contributed by atoms with Crippen LogP contribution in [0.25, 0.3) is 11.3 Å². The van der Waals surface area contributed by atoms with Gasteiger partial charge in [-0.25, -0.2) is 0 Å². The standard InChI is InChI=1S/C17H16Cl2N2O2/c18-9-1-3-11(12(19)7-9)15-5-6-16(23-15)17(22)21-14-8-10-2-4-13(14)20-10/h1,3,5-7,10,13-14,20H,2,4,8H2,(H,21,22)/t10-,13+,14-/m1/s1. The second-order valence-corrected chi connectivity index (χ2v) is 6.99. The molecule has 0 saturated carbocycles. The van der Waals surface area contributed by atoms with E-state index in [1.165, 1.54) is 6.42 Å². The summed E-state index contributed by atoms with van der Waals surface area (Å²) < 4.78 is 5.68. The van der Waals surface area contributed by atoms with E-state index < -0.39 is 0 Å². The van der Waals surface area contributed by atoms with Crippen LogP contribution in [0.5, 0.6) is 0 Å². The Bertz CT molecular complexity index is 759. The topological polar surface area (TPSA) is 54.3 Å². The molecule has 0 spiro atoms. The molecule has 2 fully saturated rings. The lowest BCUT2D eigenvalue weighted by Gasteiger charge is -2.20. The molecule has 0 aliphatic carbocycles. The Morgan fingerprint density at radius 1 is 1.22 bits per heavy atom. The average Bonchev–Trinajstić information content (AvgIpc) is 3.23. The van der Waals surface area contributed by atoms with E-state index in [2.05, 4.69) is 10.6 Å².